The topological polar surface area (TPSA) is 127 Å². The minimum atomic E-state index is -0.743. The van der Waals surface area contributed by atoms with Crippen LogP contribution in [0.5, 0.6) is 5.75 Å². The lowest BCUT2D eigenvalue weighted by molar-refractivity contribution is -0.385. The van der Waals surface area contributed by atoms with Gasteiger partial charge in [0.15, 0.2) is 5.96 Å². The standard InChI is InChI=1S/C19H28N6O4.HI/c1-4-20-19(21-9-10-24-13-16(11-23-24)25(27)28)22-12-18(26)15-5-7-17(8-6-15)29-14(2)3;/h5-8,11,13-14,18,26H,4,9-10,12H2,1-3H3,(H2,20,21,22);1H. The zero-order valence-corrected chi connectivity index (χ0v) is 19.6. The highest BCUT2D eigenvalue weighted by atomic mass is 127. The normalized spacial score (nSPS) is 12.2. The molecular weight excluding hydrogens is 503 g/mol. The van der Waals surface area contributed by atoms with Gasteiger partial charge in [-0.1, -0.05) is 12.1 Å². The maximum Gasteiger partial charge on any atom is 0.306 e. The molecule has 1 aromatic carbocycles. The molecule has 166 valence electrons. The Morgan fingerprint density at radius 3 is 2.60 bits per heavy atom. The van der Waals surface area contributed by atoms with Crippen molar-refractivity contribution in [1.82, 2.24) is 20.4 Å². The zero-order chi connectivity index (χ0) is 21.2. The van der Waals surface area contributed by atoms with E-state index < -0.39 is 11.0 Å². The first-order chi connectivity index (χ1) is 13.9. The van der Waals surface area contributed by atoms with Crippen LogP contribution in [0.3, 0.4) is 0 Å². The summed E-state index contributed by atoms with van der Waals surface area (Å²) in [6.45, 7) is 7.63. The van der Waals surface area contributed by atoms with E-state index in [1.54, 1.807) is 0 Å². The maximum absolute atomic E-state index is 10.7. The van der Waals surface area contributed by atoms with Crippen molar-refractivity contribution in [3.05, 3.63) is 52.3 Å². The predicted molar refractivity (Wildman–Crippen MR) is 125 cm³/mol. The van der Waals surface area contributed by atoms with E-state index in [-0.39, 0.29) is 42.3 Å². The molecule has 1 unspecified atom stereocenters. The smallest absolute Gasteiger partial charge is 0.306 e. The van der Waals surface area contributed by atoms with Gasteiger partial charge in [-0.3, -0.25) is 19.8 Å². The second-order valence-corrected chi connectivity index (χ2v) is 6.62. The van der Waals surface area contributed by atoms with Gasteiger partial charge >= 0.3 is 5.69 Å². The van der Waals surface area contributed by atoms with Crippen LogP contribution in [0.25, 0.3) is 0 Å². The summed E-state index contributed by atoms with van der Waals surface area (Å²) in [7, 11) is 0. The highest BCUT2D eigenvalue weighted by Crippen LogP contribution is 2.19. The fourth-order valence-corrected chi connectivity index (χ4v) is 2.52. The van der Waals surface area contributed by atoms with Gasteiger partial charge in [0.1, 0.15) is 18.1 Å². The lowest BCUT2D eigenvalue weighted by Crippen LogP contribution is -2.39. The SMILES string of the molecule is CCNC(=NCC(O)c1ccc(OC(C)C)cc1)NCCn1cc([N+](=O)[O-])cn1.I. The molecule has 1 atom stereocenters. The van der Waals surface area contributed by atoms with Crippen LogP contribution in [-0.2, 0) is 6.54 Å². The number of aliphatic hydroxyl groups is 1. The summed E-state index contributed by atoms with van der Waals surface area (Å²) in [6.07, 6.45) is 1.94. The molecule has 0 radical (unpaired) electrons. The third kappa shape index (κ3) is 8.53. The third-order valence-corrected chi connectivity index (χ3v) is 3.87. The van der Waals surface area contributed by atoms with E-state index in [0.717, 1.165) is 11.3 Å². The average molecular weight is 532 g/mol. The van der Waals surface area contributed by atoms with Crippen LogP contribution >= 0.6 is 24.0 Å². The average Bonchev–Trinajstić information content (AvgIpc) is 3.15. The largest absolute Gasteiger partial charge is 0.491 e. The van der Waals surface area contributed by atoms with E-state index in [0.29, 0.717) is 25.6 Å². The third-order valence-electron chi connectivity index (χ3n) is 3.87. The molecule has 0 aliphatic rings. The van der Waals surface area contributed by atoms with E-state index in [2.05, 4.69) is 20.7 Å². The van der Waals surface area contributed by atoms with Crippen LogP contribution < -0.4 is 15.4 Å². The first-order valence-corrected chi connectivity index (χ1v) is 9.52. The number of nitrogens with one attached hydrogen (secondary N) is 2. The maximum atomic E-state index is 10.7. The van der Waals surface area contributed by atoms with Crippen molar-refractivity contribution in [3.63, 3.8) is 0 Å². The van der Waals surface area contributed by atoms with Gasteiger partial charge in [0.05, 0.1) is 30.2 Å². The summed E-state index contributed by atoms with van der Waals surface area (Å²) in [5.41, 5.74) is 0.711. The molecule has 0 fully saturated rings. The minimum absolute atomic E-state index is 0. The molecule has 0 spiro atoms. The second-order valence-electron chi connectivity index (χ2n) is 6.62. The number of hydrogen-bond acceptors (Lipinski definition) is 6. The van der Waals surface area contributed by atoms with Crippen LogP contribution in [0, 0.1) is 10.1 Å². The molecule has 0 saturated heterocycles. The van der Waals surface area contributed by atoms with Crippen LogP contribution in [0.15, 0.2) is 41.7 Å². The monoisotopic (exact) mass is 532 g/mol. The van der Waals surface area contributed by atoms with E-state index >= 15 is 0 Å². The first kappa shape index (κ1) is 25.6. The molecule has 0 aliphatic heterocycles. The number of nitrogens with zero attached hydrogens (tertiary/aromatic N) is 4. The Balaban J connectivity index is 0.00000450. The van der Waals surface area contributed by atoms with Crippen LogP contribution in [-0.4, -0.2) is 51.5 Å². The number of benzene rings is 1. The molecule has 2 aromatic rings. The number of rotatable bonds is 10. The Bertz CT molecular complexity index is 810. The van der Waals surface area contributed by atoms with Gasteiger partial charge in [0.2, 0.25) is 0 Å². The number of aliphatic imine (C=N–C) groups is 1. The Kier molecular flexibility index (Phi) is 11.1. The lowest BCUT2D eigenvalue weighted by Gasteiger charge is -2.14. The molecule has 11 heteroatoms. The van der Waals surface area contributed by atoms with Gasteiger partial charge < -0.3 is 20.5 Å². The second kappa shape index (κ2) is 13.0. The fraction of sp³-hybridized carbons (Fsp3) is 0.474. The van der Waals surface area contributed by atoms with E-state index in [1.807, 2.05) is 45.0 Å². The molecule has 3 N–H and O–H groups in total. The summed E-state index contributed by atoms with van der Waals surface area (Å²) < 4.78 is 7.09. The van der Waals surface area contributed by atoms with Crippen LogP contribution in [0.4, 0.5) is 5.69 Å². The Labute approximate surface area is 192 Å². The van der Waals surface area contributed by atoms with E-state index in [4.69, 9.17) is 4.74 Å². The Hall–Kier alpha value is -2.41. The molecule has 0 saturated carbocycles. The van der Waals surface area contributed by atoms with E-state index in [9.17, 15) is 15.2 Å². The van der Waals surface area contributed by atoms with Crippen molar-refractivity contribution < 1.29 is 14.8 Å². The molecule has 0 aliphatic carbocycles. The van der Waals surface area contributed by atoms with Gasteiger partial charge in [-0.05, 0) is 38.5 Å². The van der Waals surface area contributed by atoms with Crippen molar-refractivity contribution >= 4 is 35.6 Å². The van der Waals surface area contributed by atoms with Crippen LogP contribution in [0.1, 0.15) is 32.4 Å². The number of guanidine groups is 1. The number of nitro groups is 1. The summed E-state index contributed by atoms with van der Waals surface area (Å²) in [6, 6.07) is 7.30. The number of ether oxygens (including phenoxy) is 1. The minimum Gasteiger partial charge on any atom is -0.491 e. The number of halogens is 1. The van der Waals surface area contributed by atoms with Gasteiger partial charge in [-0.15, -0.1) is 24.0 Å². The molecule has 30 heavy (non-hydrogen) atoms. The first-order valence-electron chi connectivity index (χ1n) is 9.52. The van der Waals surface area contributed by atoms with E-state index in [1.165, 1.54) is 17.1 Å². The van der Waals surface area contributed by atoms with Gasteiger partial charge in [-0.25, -0.2) is 0 Å². The predicted octanol–water partition coefficient (Wildman–Crippen LogP) is 2.49. The summed E-state index contributed by atoms with van der Waals surface area (Å²) in [5, 5.41) is 31.2. The molecule has 0 amide bonds. The highest BCUT2D eigenvalue weighted by Gasteiger charge is 2.10. The number of hydrogen-bond donors (Lipinski definition) is 3. The molecular formula is C19H29IN6O4. The summed E-state index contributed by atoms with van der Waals surface area (Å²) in [5.74, 6) is 1.31. The lowest BCUT2D eigenvalue weighted by atomic mass is 10.1. The molecule has 0 bridgehead atoms. The quantitative estimate of drug-likeness (QED) is 0.141. The molecule has 10 nitrogen and oxygen atoms in total. The molecule has 1 aromatic heterocycles. The van der Waals surface area contributed by atoms with Crippen molar-refractivity contribution in [1.29, 1.82) is 0 Å². The van der Waals surface area contributed by atoms with Crippen molar-refractivity contribution in [2.45, 2.75) is 39.5 Å². The fourth-order valence-electron chi connectivity index (χ4n) is 2.52. The summed E-state index contributed by atoms with van der Waals surface area (Å²) in [4.78, 5) is 14.6. The Morgan fingerprint density at radius 1 is 1.33 bits per heavy atom. The number of aromatic nitrogens is 2. The zero-order valence-electron chi connectivity index (χ0n) is 17.3. The van der Waals surface area contributed by atoms with Crippen molar-refractivity contribution in [3.8, 4) is 5.75 Å². The van der Waals surface area contributed by atoms with Crippen molar-refractivity contribution in [2.75, 3.05) is 19.6 Å². The Morgan fingerprint density at radius 2 is 2.03 bits per heavy atom. The van der Waals surface area contributed by atoms with Gasteiger partial charge in [-0.2, -0.15) is 5.10 Å². The van der Waals surface area contributed by atoms with Crippen molar-refractivity contribution in [2.24, 2.45) is 4.99 Å². The number of aliphatic hydroxyl groups excluding tert-OH is 1. The van der Waals surface area contributed by atoms with Crippen LogP contribution in [0.2, 0.25) is 0 Å². The highest BCUT2D eigenvalue weighted by molar-refractivity contribution is 14.0. The van der Waals surface area contributed by atoms with Gasteiger partial charge in [0.25, 0.3) is 0 Å². The molecule has 2 rings (SSSR count). The summed E-state index contributed by atoms with van der Waals surface area (Å²) >= 11 is 0. The molecule has 1 heterocycles. The van der Waals surface area contributed by atoms with Gasteiger partial charge in [0, 0.05) is 13.1 Å².